The van der Waals surface area contributed by atoms with Gasteiger partial charge in [0.25, 0.3) is 0 Å². The molecule has 0 fully saturated rings. The molecule has 0 saturated carbocycles. The molecule has 0 unspecified atom stereocenters. The Hall–Kier alpha value is -1.44. The molecule has 1 aromatic carbocycles. The Bertz CT molecular complexity index is 567. The average Bonchev–Trinajstić information content (AvgIpc) is 2.81. The molecule has 0 N–H and O–H groups in total. The molecule has 0 radical (unpaired) electrons. The van der Waals surface area contributed by atoms with E-state index in [1.807, 2.05) is 6.07 Å². The smallest absolute Gasteiger partial charge is 0.0590 e. The Morgan fingerprint density at radius 2 is 1.90 bits per heavy atom. The Morgan fingerprint density at radius 3 is 2.60 bits per heavy atom. The Morgan fingerprint density at radius 1 is 1.15 bits per heavy atom. The first-order chi connectivity index (χ1) is 9.65. The third kappa shape index (κ3) is 3.36. The van der Waals surface area contributed by atoms with Crippen molar-refractivity contribution in [1.29, 1.82) is 0 Å². The second kappa shape index (κ2) is 6.83. The van der Waals surface area contributed by atoms with Gasteiger partial charge in [-0.15, -0.1) is 0 Å². The molecule has 0 amide bonds. The molecular formula is C18H23BO. The Kier molecular flexibility index (Phi) is 5.11. The maximum Gasteiger partial charge on any atom is -0.0590 e. The number of aryl methyl sites for hydroxylation is 1. The molecule has 0 bridgehead atoms. The van der Waals surface area contributed by atoms with Crippen molar-refractivity contribution in [1.82, 2.24) is 0 Å². The van der Waals surface area contributed by atoms with E-state index >= 15 is 0 Å². The molecule has 2 aliphatic rings. The van der Waals surface area contributed by atoms with Gasteiger partial charge in [0.15, 0.2) is 0 Å². The molecule has 3 rings (SSSR count). The topological polar surface area (TPSA) is 17.1 Å². The van der Waals surface area contributed by atoms with Crippen molar-refractivity contribution in [3.63, 3.8) is 0 Å². The van der Waals surface area contributed by atoms with Gasteiger partial charge in [0.1, 0.15) is 0 Å². The van der Waals surface area contributed by atoms with Crippen molar-refractivity contribution in [2.75, 3.05) is 0 Å². The van der Waals surface area contributed by atoms with Gasteiger partial charge in [0, 0.05) is 0 Å². The molecule has 1 aliphatic heterocycles. The van der Waals surface area contributed by atoms with Gasteiger partial charge in [-0.2, -0.15) is 0 Å². The fourth-order valence-electron chi connectivity index (χ4n) is 2.69. The fourth-order valence-corrected chi connectivity index (χ4v) is 2.69. The first-order valence-electron chi connectivity index (χ1n) is 7.69. The van der Waals surface area contributed by atoms with Crippen LogP contribution in [0.4, 0.5) is 0 Å². The number of carbonyl (C=O) groups is 1. The minimum Gasteiger partial charge on any atom is -0.0656 e. The van der Waals surface area contributed by atoms with Gasteiger partial charge in [-0.25, -0.2) is 0 Å². The summed E-state index contributed by atoms with van der Waals surface area (Å²) in [5, 5.41) is 0. The minimum atomic E-state index is 0.302. The van der Waals surface area contributed by atoms with Crippen LogP contribution >= 0.6 is 0 Å². The third-order valence-corrected chi connectivity index (χ3v) is 3.67. The van der Waals surface area contributed by atoms with E-state index in [1.54, 1.807) is 0 Å². The van der Waals surface area contributed by atoms with Crippen molar-refractivity contribution in [3.8, 4) is 0 Å². The number of ketones is 1. The zero-order chi connectivity index (χ0) is 14.5. The van der Waals surface area contributed by atoms with Crippen LogP contribution in [0.25, 0.3) is 5.47 Å². The van der Waals surface area contributed by atoms with E-state index in [-0.39, 0.29) is 0 Å². The summed E-state index contributed by atoms with van der Waals surface area (Å²) in [6.07, 6.45) is 7.46. The summed E-state index contributed by atoms with van der Waals surface area (Å²) in [7, 11) is 0. The Balaban J connectivity index is 0.000000452. The van der Waals surface area contributed by atoms with Gasteiger partial charge in [-0.05, 0) is 0 Å². The van der Waals surface area contributed by atoms with Crippen LogP contribution in [0.3, 0.4) is 0 Å². The summed E-state index contributed by atoms with van der Waals surface area (Å²) >= 11 is 0. The molecule has 1 aromatic rings. The van der Waals surface area contributed by atoms with Crippen LogP contribution in [0.1, 0.15) is 67.9 Å². The molecular weight excluding hydrogens is 243 g/mol. The predicted molar refractivity (Wildman–Crippen MR) is 88.7 cm³/mol. The van der Waals surface area contributed by atoms with Gasteiger partial charge >= 0.3 is 102 Å². The van der Waals surface area contributed by atoms with E-state index in [0.29, 0.717) is 12.2 Å². The normalized spacial score (nSPS) is 16.4. The SMILES string of the molecule is CC1=BC(c2ccc3c(c2)CCC3=O)=CCC1.CCC. The molecule has 0 spiro atoms. The van der Waals surface area contributed by atoms with Crippen LogP contribution in [0.2, 0.25) is 0 Å². The number of benzene rings is 1. The van der Waals surface area contributed by atoms with Gasteiger partial charge in [0.05, 0.1) is 0 Å². The van der Waals surface area contributed by atoms with Crippen LogP contribution in [0.5, 0.6) is 0 Å². The van der Waals surface area contributed by atoms with Crippen molar-refractivity contribution in [2.24, 2.45) is 0 Å². The van der Waals surface area contributed by atoms with E-state index in [4.69, 9.17) is 0 Å². The number of hydrogen-bond acceptors (Lipinski definition) is 1. The van der Waals surface area contributed by atoms with Crippen molar-refractivity contribution in [3.05, 3.63) is 41.0 Å². The van der Waals surface area contributed by atoms with Crippen molar-refractivity contribution in [2.45, 2.75) is 52.9 Å². The van der Waals surface area contributed by atoms with Crippen molar-refractivity contribution < 1.29 is 4.79 Å². The number of allylic oxidation sites excluding steroid dienone is 1. The molecule has 1 aliphatic carbocycles. The molecule has 104 valence electrons. The molecule has 0 atom stereocenters. The first kappa shape index (κ1) is 15.0. The number of hydrogen-bond donors (Lipinski definition) is 0. The van der Waals surface area contributed by atoms with Crippen molar-refractivity contribution >= 4 is 23.6 Å². The maximum absolute atomic E-state index is 11.6. The number of rotatable bonds is 1. The number of fused-ring (bicyclic) bond motifs is 1. The molecule has 0 aromatic heterocycles. The van der Waals surface area contributed by atoms with E-state index in [2.05, 4.69) is 45.9 Å². The standard InChI is InChI=1S/C15H15BO.C3H8/c1-10-3-2-4-14(16-10)12-5-7-13-11(9-12)6-8-15(13)17;1-3-2/h4-5,7,9H,2-3,6,8H2,1H3;3H2,1-2H3. The van der Waals surface area contributed by atoms with E-state index < -0.39 is 0 Å². The van der Waals surface area contributed by atoms with E-state index in [1.165, 1.54) is 34.9 Å². The molecule has 1 heterocycles. The second-order valence-corrected chi connectivity index (χ2v) is 5.69. The second-order valence-electron chi connectivity index (χ2n) is 5.69. The largest absolute Gasteiger partial charge is 0.0656 e. The van der Waals surface area contributed by atoms with Gasteiger partial charge < -0.3 is 0 Å². The third-order valence-electron chi connectivity index (χ3n) is 3.67. The number of carbonyl (C=O) groups excluding carboxylic acids is 1. The van der Waals surface area contributed by atoms with Gasteiger partial charge in [0.2, 0.25) is 0 Å². The average molecular weight is 266 g/mol. The zero-order valence-electron chi connectivity index (χ0n) is 12.8. The number of Topliss-reactive ketones (excluding diaryl/α,β-unsaturated/α-hetero) is 1. The monoisotopic (exact) mass is 266 g/mol. The first-order valence-corrected chi connectivity index (χ1v) is 7.69. The van der Waals surface area contributed by atoms with Gasteiger partial charge in [-0.3, -0.25) is 0 Å². The van der Waals surface area contributed by atoms with E-state index in [9.17, 15) is 4.79 Å². The van der Waals surface area contributed by atoms with E-state index in [0.717, 1.165) is 18.4 Å². The molecule has 20 heavy (non-hydrogen) atoms. The summed E-state index contributed by atoms with van der Waals surface area (Å²) in [5.41, 5.74) is 6.18. The summed E-state index contributed by atoms with van der Waals surface area (Å²) in [6, 6.07) is 6.28. The summed E-state index contributed by atoms with van der Waals surface area (Å²) in [5.74, 6) is 0.302. The molecule has 1 nitrogen and oxygen atoms in total. The van der Waals surface area contributed by atoms with Gasteiger partial charge in [-0.1, -0.05) is 20.3 Å². The minimum absolute atomic E-state index is 0.302. The molecule has 2 heteroatoms. The Labute approximate surface area is 123 Å². The predicted octanol–water partition coefficient (Wildman–Crippen LogP) is 4.26. The van der Waals surface area contributed by atoms with Crippen LogP contribution in [-0.4, -0.2) is 18.2 Å². The zero-order valence-corrected chi connectivity index (χ0v) is 12.8. The quantitative estimate of drug-likeness (QED) is 0.694. The molecule has 0 saturated heterocycles. The van der Waals surface area contributed by atoms with Crippen LogP contribution < -0.4 is 0 Å². The maximum atomic E-state index is 11.6. The van der Waals surface area contributed by atoms with Crippen LogP contribution in [0, 0.1) is 0 Å². The fraction of sp³-hybridized carbons (Fsp3) is 0.444. The van der Waals surface area contributed by atoms with Crippen LogP contribution in [-0.2, 0) is 6.42 Å². The summed E-state index contributed by atoms with van der Waals surface area (Å²) in [6.45, 7) is 8.70. The van der Waals surface area contributed by atoms with Crippen LogP contribution in [0.15, 0.2) is 24.3 Å². The summed E-state index contributed by atoms with van der Waals surface area (Å²) < 4.78 is 0. The summed E-state index contributed by atoms with van der Waals surface area (Å²) in [4.78, 5) is 11.6.